The number of alkyl halides is 3. The van der Waals surface area contributed by atoms with Gasteiger partial charge in [-0.25, -0.2) is 4.39 Å². The molecule has 0 spiro atoms. The fourth-order valence-electron chi connectivity index (χ4n) is 5.76. The number of hydrogen-bond donors (Lipinski definition) is 1. The number of carbonyl (C=O) groups excluding carboxylic acids is 2. The second-order valence-electron chi connectivity index (χ2n) is 11.8. The van der Waals surface area contributed by atoms with Gasteiger partial charge in [-0.1, -0.05) is 24.9 Å². The van der Waals surface area contributed by atoms with Crippen LogP contribution in [-0.4, -0.2) is 50.5 Å². The van der Waals surface area contributed by atoms with Gasteiger partial charge in [-0.15, -0.1) is 0 Å². The molecular formula is C28H32ClF4N3O4. The second-order valence-corrected chi connectivity index (χ2v) is 12.2. The Morgan fingerprint density at radius 2 is 1.77 bits per heavy atom. The standard InChI is InChI=1S/C28H32ClF4N3O4/c1-16-11-19(29)22(20(30)12-16)21(37)14-35(15-26(2)7-4-8-26)24(38)18-13-34-36(23(18)28(31,32)33)17-5-9-27(3,10-6-17)25(39)40/h11-13,17H,4-10,14-15H2,1-3H3,(H,39,40)/t17-,27-. The van der Waals surface area contributed by atoms with E-state index in [0.717, 1.165) is 41.1 Å². The molecule has 2 saturated carbocycles. The Balaban J connectivity index is 1.68. The summed E-state index contributed by atoms with van der Waals surface area (Å²) in [7, 11) is 0. The summed E-state index contributed by atoms with van der Waals surface area (Å²) < 4.78 is 58.7. The van der Waals surface area contributed by atoms with Crippen LogP contribution in [0.5, 0.6) is 0 Å². The average molecular weight is 586 g/mol. The highest BCUT2D eigenvalue weighted by molar-refractivity contribution is 6.34. The summed E-state index contributed by atoms with van der Waals surface area (Å²) in [4.78, 5) is 39.5. The molecule has 2 aromatic rings. The molecule has 1 aromatic heterocycles. The fourth-order valence-corrected chi connectivity index (χ4v) is 6.13. The molecular weight excluding hydrogens is 554 g/mol. The summed E-state index contributed by atoms with van der Waals surface area (Å²) in [5, 5.41) is 13.3. The predicted molar refractivity (Wildman–Crippen MR) is 139 cm³/mol. The molecule has 2 fully saturated rings. The van der Waals surface area contributed by atoms with E-state index in [0.29, 0.717) is 5.56 Å². The van der Waals surface area contributed by atoms with Crippen molar-refractivity contribution in [1.82, 2.24) is 14.7 Å². The zero-order valence-electron chi connectivity index (χ0n) is 22.6. The van der Waals surface area contributed by atoms with E-state index in [-0.39, 0.29) is 37.3 Å². The third-order valence-corrected chi connectivity index (χ3v) is 8.73. The van der Waals surface area contributed by atoms with Gasteiger partial charge in [-0.2, -0.15) is 18.3 Å². The average Bonchev–Trinajstić information content (AvgIpc) is 3.28. The van der Waals surface area contributed by atoms with E-state index in [4.69, 9.17) is 11.6 Å². The molecule has 0 atom stereocenters. The fraction of sp³-hybridized carbons (Fsp3) is 0.571. The lowest BCUT2D eigenvalue weighted by atomic mass is 9.70. The van der Waals surface area contributed by atoms with Crippen molar-refractivity contribution in [3.8, 4) is 0 Å². The molecule has 0 radical (unpaired) electrons. The van der Waals surface area contributed by atoms with Crippen molar-refractivity contribution in [2.75, 3.05) is 13.1 Å². The topological polar surface area (TPSA) is 92.5 Å². The van der Waals surface area contributed by atoms with Crippen LogP contribution in [0, 0.1) is 23.6 Å². The smallest absolute Gasteiger partial charge is 0.433 e. The molecule has 1 amide bonds. The normalized spacial score (nSPS) is 22.4. The van der Waals surface area contributed by atoms with E-state index >= 15 is 0 Å². The lowest BCUT2D eigenvalue weighted by Crippen LogP contribution is -2.46. The first-order chi connectivity index (χ1) is 18.5. The van der Waals surface area contributed by atoms with Gasteiger partial charge in [-0.3, -0.25) is 19.1 Å². The number of benzene rings is 1. The van der Waals surface area contributed by atoms with E-state index < -0.39 is 69.9 Å². The number of ketones is 1. The zero-order chi connectivity index (χ0) is 29.6. The number of nitrogens with zero attached hydrogens (tertiary/aromatic N) is 3. The Morgan fingerprint density at radius 1 is 1.15 bits per heavy atom. The molecule has 0 saturated heterocycles. The molecule has 1 heterocycles. The number of carbonyl (C=O) groups is 3. The van der Waals surface area contributed by atoms with Crippen LogP contribution in [0.1, 0.15) is 96.8 Å². The first kappa shape index (κ1) is 30.0. The van der Waals surface area contributed by atoms with E-state index in [9.17, 15) is 37.1 Å². The van der Waals surface area contributed by atoms with Crippen molar-refractivity contribution in [2.45, 2.75) is 77.9 Å². The number of carboxylic acids is 1. The molecule has 7 nitrogen and oxygen atoms in total. The van der Waals surface area contributed by atoms with Gasteiger partial charge < -0.3 is 10.0 Å². The van der Waals surface area contributed by atoms with Gasteiger partial charge in [0.15, 0.2) is 11.5 Å². The quantitative estimate of drug-likeness (QED) is 0.274. The highest BCUT2D eigenvalue weighted by Gasteiger charge is 2.46. The van der Waals surface area contributed by atoms with Crippen molar-refractivity contribution >= 4 is 29.3 Å². The van der Waals surface area contributed by atoms with Crippen LogP contribution in [0.2, 0.25) is 5.02 Å². The number of aryl methyl sites for hydroxylation is 1. The van der Waals surface area contributed by atoms with Gasteiger partial charge in [0.1, 0.15) is 5.82 Å². The van der Waals surface area contributed by atoms with Crippen LogP contribution >= 0.6 is 11.6 Å². The lowest BCUT2D eigenvalue weighted by Gasteiger charge is -2.42. The van der Waals surface area contributed by atoms with E-state index in [2.05, 4.69) is 5.10 Å². The van der Waals surface area contributed by atoms with Crippen LogP contribution < -0.4 is 0 Å². The largest absolute Gasteiger partial charge is 0.481 e. The molecule has 2 aliphatic rings. The zero-order valence-corrected chi connectivity index (χ0v) is 23.3. The molecule has 0 aliphatic heterocycles. The van der Waals surface area contributed by atoms with Crippen molar-refractivity contribution in [3.05, 3.63) is 51.6 Å². The van der Waals surface area contributed by atoms with Crippen LogP contribution in [0.25, 0.3) is 0 Å². The highest BCUT2D eigenvalue weighted by atomic mass is 35.5. The molecule has 2 aliphatic carbocycles. The molecule has 4 rings (SSSR count). The SMILES string of the molecule is Cc1cc(F)c(C(=O)CN(CC2(C)CCC2)C(=O)c2cnn([C@H]3CC[C@](C)(C(=O)O)CC3)c2C(F)(F)F)c(Cl)c1. The van der Waals surface area contributed by atoms with Crippen LogP contribution in [0.3, 0.4) is 0 Å². The van der Waals surface area contributed by atoms with Crippen LogP contribution in [0.15, 0.2) is 18.3 Å². The maximum Gasteiger partial charge on any atom is 0.433 e. The summed E-state index contributed by atoms with van der Waals surface area (Å²) in [5.41, 5.74) is -3.31. The number of rotatable bonds is 8. The first-order valence-electron chi connectivity index (χ1n) is 13.2. The number of hydrogen-bond acceptors (Lipinski definition) is 4. The van der Waals surface area contributed by atoms with E-state index in [1.165, 1.54) is 6.07 Å². The summed E-state index contributed by atoms with van der Waals surface area (Å²) in [5.74, 6) is -3.73. The Bertz CT molecular complexity index is 1300. The van der Waals surface area contributed by atoms with Crippen molar-refractivity contribution < 1.29 is 37.1 Å². The minimum absolute atomic E-state index is 0.00550. The highest BCUT2D eigenvalue weighted by Crippen LogP contribution is 2.44. The third-order valence-electron chi connectivity index (χ3n) is 8.44. The predicted octanol–water partition coefficient (Wildman–Crippen LogP) is 6.72. The Morgan fingerprint density at radius 3 is 2.27 bits per heavy atom. The Hall–Kier alpha value is -2.95. The van der Waals surface area contributed by atoms with Crippen molar-refractivity contribution in [3.63, 3.8) is 0 Å². The molecule has 218 valence electrons. The lowest BCUT2D eigenvalue weighted by molar-refractivity contribution is -0.152. The second kappa shape index (κ2) is 10.8. The molecule has 1 aromatic carbocycles. The number of carboxylic acid groups (broad SMARTS) is 1. The molecule has 0 bridgehead atoms. The van der Waals surface area contributed by atoms with Crippen molar-refractivity contribution in [1.29, 1.82) is 0 Å². The molecule has 12 heteroatoms. The first-order valence-corrected chi connectivity index (χ1v) is 13.6. The molecule has 40 heavy (non-hydrogen) atoms. The minimum atomic E-state index is -4.95. The van der Waals surface area contributed by atoms with Gasteiger partial charge in [-0.05, 0) is 75.5 Å². The van der Waals surface area contributed by atoms with Gasteiger partial charge in [0.05, 0.1) is 40.3 Å². The molecule has 1 N–H and O–H groups in total. The van der Waals surface area contributed by atoms with Gasteiger partial charge in [0, 0.05) is 6.54 Å². The van der Waals surface area contributed by atoms with Crippen molar-refractivity contribution in [2.24, 2.45) is 10.8 Å². The maximum atomic E-state index is 14.7. The van der Waals surface area contributed by atoms with Gasteiger partial charge >= 0.3 is 12.1 Å². The summed E-state index contributed by atoms with van der Waals surface area (Å²) in [6.07, 6.45) is -1.15. The number of Topliss-reactive ketones (excluding diaryl/α,β-unsaturated/α-hetero) is 1. The number of aromatic nitrogens is 2. The van der Waals surface area contributed by atoms with Gasteiger partial charge in [0.2, 0.25) is 0 Å². The summed E-state index contributed by atoms with van der Waals surface area (Å²) in [6.45, 7) is 4.40. The summed E-state index contributed by atoms with van der Waals surface area (Å²) >= 11 is 6.13. The Labute approximate surface area is 234 Å². The van der Waals surface area contributed by atoms with Crippen LogP contribution in [0.4, 0.5) is 17.6 Å². The minimum Gasteiger partial charge on any atom is -0.481 e. The number of halogens is 5. The number of amides is 1. The maximum absolute atomic E-state index is 14.7. The van der Waals surface area contributed by atoms with Crippen LogP contribution in [-0.2, 0) is 11.0 Å². The van der Waals surface area contributed by atoms with E-state index in [1.54, 1.807) is 13.8 Å². The number of aliphatic carboxylic acids is 1. The molecule has 0 unspecified atom stereocenters. The van der Waals surface area contributed by atoms with Gasteiger partial charge in [0.25, 0.3) is 5.91 Å². The van der Waals surface area contributed by atoms with E-state index in [1.807, 2.05) is 6.92 Å². The Kier molecular flexibility index (Phi) is 8.10. The summed E-state index contributed by atoms with van der Waals surface area (Å²) in [6, 6.07) is 1.79. The third kappa shape index (κ3) is 5.89. The monoisotopic (exact) mass is 585 g/mol.